The number of esters is 2. The number of hydrogen-bond acceptors (Lipinski definition) is 6. The summed E-state index contributed by atoms with van der Waals surface area (Å²) in [6.45, 7) is 19.2. The van der Waals surface area contributed by atoms with Crippen LogP contribution < -0.4 is 0 Å². The highest BCUT2D eigenvalue weighted by Gasteiger charge is 2.60. The van der Waals surface area contributed by atoms with Gasteiger partial charge in [0.2, 0.25) is 0 Å². The van der Waals surface area contributed by atoms with Crippen molar-refractivity contribution in [2.45, 2.75) is 150 Å². The Balaban J connectivity index is 1.13. The van der Waals surface area contributed by atoms with Gasteiger partial charge in [-0.2, -0.15) is 0 Å². The van der Waals surface area contributed by atoms with E-state index >= 15 is 0 Å². The first-order chi connectivity index (χ1) is 20.7. The summed E-state index contributed by atoms with van der Waals surface area (Å²) in [7, 11) is 0. The molecule has 5 rings (SSSR count). The van der Waals surface area contributed by atoms with Gasteiger partial charge in [-0.05, 0) is 105 Å². The quantitative estimate of drug-likeness (QED) is 0.171. The maximum atomic E-state index is 12.7. The van der Waals surface area contributed by atoms with Crippen molar-refractivity contribution in [2.75, 3.05) is 13.2 Å². The van der Waals surface area contributed by atoms with Crippen LogP contribution in [-0.4, -0.2) is 43.1 Å². The molecule has 6 nitrogen and oxygen atoms in total. The van der Waals surface area contributed by atoms with Crippen LogP contribution in [0.2, 0.25) is 0 Å². The van der Waals surface area contributed by atoms with E-state index in [4.69, 9.17) is 18.9 Å². The van der Waals surface area contributed by atoms with Crippen LogP contribution in [0.3, 0.4) is 0 Å². The Morgan fingerprint density at radius 2 is 1.70 bits per heavy atom. The van der Waals surface area contributed by atoms with Gasteiger partial charge < -0.3 is 18.9 Å². The van der Waals surface area contributed by atoms with Gasteiger partial charge in [0, 0.05) is 6.42 Å². The second kappa shape index (κ2) is 13.4. The Kier molecular flexibility index (Phi) is 10.3. The molecule has 250 valence electrons. The predicted octanol–water partition coefficient (Wildman–Crippen LogP) is 8.66. The molecule has 1 aliphatic heterocycles. The number of rotatable bonds is 11. The number of fused-ring (bicyclic) bond motifs is 5. The van der Waals surface area contributed by atoms with Crippen LogP contribution in [0.15, 0.2) is 11.6 Å². The molecular weight excluding hydrogens is 552 g/mol. The number of hydrogen-bond donors (Lipinski definition) is 0. The van der Waals surface area contributed by atoms with E-state index in [0.717, 1.165) is 54.8 Å². The van der Waals surface area contributed by atoms with Crippen LogP contribution in [0.1, 0.15) is 132 Å². The fraction of sp³-hybridized carbons (Fsp3) is 0.895. The zero-order chi connectivity index (χ0) is 31.9. The number of carbonyl (C=O) groups excluding carboxylic acids is 2. The average molecular weight is 615 g/mol. The summed E-state index contributed by atoms with van der Waals surface area (Å²) in [5.41, 5.74) is 2.22. The summed E-state index contributed by atoms with van der Waals surface area (Å²) in [5.74, 6) is 4.08. The number of ether oxygens (including phenoxy) is 4. The molecular formula is C38H62O6. The van der Waals surface area contributed by atoms with E-state index in [2.05, 4.69) is 47.6 Å². The molecule has 3 saturated carbocycles. The molecule has 4 aliphatic carbocycles. The Morgan fingerprint density at radius 3 is 2.41 bits per heavy atom. The second-order valence-electron chi connectivity index (χ2n) is 16.8. The van der Waals surface area contributed by atoms with Crippen LogP contribution in [0.5, 0.6) is 0 Å². The van der Waals surface area contributed by atoms with Gasteiger partial charge >= 0.3 is 11.9 Å². The van der Waals surface area contributed by atoms with Crippen molar-refractivity contribution in [2.24, 2.45) is 52.3 Å². The van der Waals surface area contributed by atoms with E-state index in [-0.39, 0.29) is 43.0 Å². The van der Waals surface area contributed by atoms with Crippen molar-refractivity contribution in [3.05, 3.63) is 11.6 Å². The van der Waals surface area contributed by atoms with Crippen molar-refractivity contribution in [3.63, 3.8) is 0 Å². The Morgan fingerprint density at radius 1 is 0.955 bits per heavy atom. The van der Waals surface area contributed by atoms with E-state index in [1.807, 2.05) is 13.8 Å². The lowest BCUT2D eigenvalue weighted by molar-refractivity contribution is -0.161. The Hall–Kier alpha value is -1.40. The molecule has 4 fully saturated rings. The van der Waals surface area contributed by atoms with Crippen molar-refractivity contribution in [3.8, 4) is 0 Å². The molecule has 0 N–H and O–H groups in total. The highest BCUT2D eigenvalue weighted by Crippen LogP contribution is 2.68. The van der Waals surface area contributed by atoms with Gasteiger partial charge in [0.15, 0.2) is 5.79 Å². The molecule has 0 aromatic rings. The Labute approximate surface area is 267 Å². The monoisotopic (exact) mass is 614 g/mol. The van der Waals surface area contributed by atoms with E-state index in [9.17, 15) is 9.59 Å². The van der Waals surface area contributed by atoms with Gasteiger partial charge in [0.05, 0.1) is 19.4 Å². The molecule has 0 bridgehead atoms. The molecule has 1 saturated heterocycles. The second-order valence-corrected chi connectivity index (χ2v) is 16.8. The van der Waals surface area contributed by atoms with Gasteiger partial charge in [0.1, 0.15) is 18.8 Å². The van der Waals surface area contributed by atoms with Gasteiger partial charge in [0.25, 0.3) is 0 Å². The SMILES string of the molecule is CC(C)CCCC(C)C1CCC2C3C(C)C=C4CC(OC(=O)CCC(=O)OCC5COC(C)(C)O5)CCC4(C)C3CCC12C. The molecule has 10 unspecified atom stereocenters. The average Bonchev–Trinajstić information content (AvgIpc) is 3.49. The first-order valence-electron chi connectivity index (χ1n) is 18.1. The maximum absolute atomic E-state index is 12.7. The highest BCUT2D eigenvalue weighted by molar-refractivity contribution is 5.77. The van der Waals surface area contributed by atoms with E-state index in [0.29, 0.717) is 17.9 Å². The molecule has 0 aromatic carbocycles. The fourth-order valence-corrected chi connectivity index (χ4v) is 10.7. The molecule has 1 heterocycles. The standard InChI is InChI=1S/C38H62O6/c1-24(2)10-9-11-25(3)30-12-13-31-35-26(4)20-27-21-28(16-18-37(27,7)32(35)17-19-38(30,31)8)43-34(40)15-14-33(39)41-22-29-23-42-36(5,6)44-29/h20,24-26,28-32,35H,9-19,21-23H2,1-8H3. The summed E-state index contributed by atoms with van der Waals surface area (Å²) in [6, 6.07) is 0. The van der Waals surface area contributed by atoms with Crippen molar-refractivity contribution < 1.29 is 28.5 Å². The van der Waals surface area contributed by atoms with E-state index < -0.39 is 11.8 Å². The van der Waals surface area contributed by atoms with Gasteiger partial charge in [-0.15, -0.1) is 0 Å². The summed E-state index contributed by atoms with van der Waals surface area (Å²) in [5, 5.41) is 0. The summed E-state index contributed by atoms with van der Waals surface area (Å²) < 4.78 is 22.5. The molecule has 0 radical (unpaired) electrons. The fourth-order valence-electron chi connectivity index (χ4n) is 10.7. The molecule has 44 heavy (non-hydrogen) atoms. The van der Waals surface area contributed by atoms with E-state index in [1.54, 1.807) is 0 Å². The van der Waals surface area contributed by atoms with Crippen molar-refractivity contribution >= 4 is 11.9 Å². The largest absolute Gasteiger partial charge is 0.463 e. The van der Waals surface area contributed by atoms with Gasteiger partial charge in [-0.1, -0.05) is 72.5 Å². The number of allylic oxidation sites excluding steroid dienone is 1. The molecule has 0 amide bonds. The van der Waals surface area contributed by atoms with Crippen molar-refractivity contribution in [1.82, 2.24) is 0 Å². The van der Waals surface area contributed by atoms with Crippen LogP contribution in [0.4, 0.5) is 0 Å². The first kappa shape index (κ1) is 33.9. The Bertz CT molecular complexity index is 1060. The minimum Gasteiger partial charge on any atom is -0.463 e. The van der Waals surface area contributed by atoms with Gasteiger partial charge in [-0.3, -0.25) is 9.59 Å². The van der Waals surface area contributed by atoms with Crippen LogP contribution in [0.25, 0.3) is 0 Å². The predicted molar refractivity (Wildman–Crippen MR) is 173 cm³/mol. The van der Waals surface area contributed by atoms with Crippen molar-refractivity contribution in [1.29, 1.82) is 0 Å². The first-order valence-corrected chi connectivity index (χ1v) is 18.1. The third kappa shape index (κ3) is 7.11. The minimum atomic E-state index is -0.647. The zero-order valence-corrected chi connectivity index (χ0v) is 29.1. The maximum Gasteiger partial charge on any atom is 0.306 e. The lowest BCUT2D eigenvalue weighted by atomic mass is 9.45. The summed E-state index contributed by atoms with van der Waals surface area (Å²) in [4.78, 5) is 25.0. The summed E-state index contributed by atoms with van der Waals surface area (Å²) >= 11 is 0. The molecule has 10 atom stereocenters. The topological polar surface area (TPSA) is 71.1 Å². The lowest BCUT2D eigenvalue weighted by Gasteiger charge is -2.60. The zero-order valence-electron chi connectivity index (χ0n) is 29.1. The van der Waals surface area contributed by atoms with E-state index in [1.165, 1.54) is 50.5 Å². The molecule has 0 spiro atoms. The van der Waals surface area contributed by atoms with Crippen LogP contribution >= 0.6 is 0 Å². The number of carbonyl (C=O) groups is 2. The molecule has 6 heteroatoms. The lowest BCUT2D eigenvalue weighted by Crippen LogP contribution is -2.53. The highest BCUT2D eigenvalue weighted by atomic mass is 16.7. The molecule has 0 aromatic heterocycles. The van der Waals surface area contributed by atoms with Crippen LogP contribution in [-0.2, 0) is 28.5 Å². The molecule has 5 aliphatic rings. The summed E-state index contributed by atoms with van der Waals surface area (Å²) in [6.07, 6.45) is 14.8. The third-order valence-corrected chi connectivity index (χ3v) is 12.9. The minimum absolute atomic E-state index is 0.0290. The van der Waals surface area contributed by atoms with Gasteiger partial charge in [-0.25, -0.2) is 0 Å². The normalized spacial score (nSPS) is 40.0. The smallest absolute Gasteiger partial charge is 0.306 e. The third-order valence-electron chi connectivity index (χ3n) is 12.9. The van der Waals surface area contributed by atoms with Crippen LogP contribution in [0, 0.1) is 52.3 Å².